The molecule has 0 fully saturated rings. The lowest BCUT2D eigenvalue weighted by atomic mass is 10.2. The van der Waals surface area contributed by atoms with Gasteiger partial charge in [-0.3, -0.25) is 0 Å². The minimum absolute atomic E-state index is 0.152. The third kappa shape index (κ3) is 3.98. The molecule has 0 aliphatic rings. The number of rotatable bonds is 5. The lowest BCUT2D eigenvalue weighted by Crippen LogP contribution is -2.35. The minimum atomic E-state index is -3.66. The fraction of sp³-hybridized carbons (Fsp3) is 0. The zero-order chi connectivity index (χ0) is 15.5. The Kier molecular flexibility index (Phi) is 4.90. The highest BCUT2D eigenvalue weighted by Crippen LogP contribution is 2.24. The molecule has 0 unspecified atom stereocenters. The SMILES string of the molecule is C=C(NNS(=O)(=O)c1ccccc1)c1ccc(Cl)c(Cl)c1. The highest BCUT2D eigenvalue weighted by Gasteiger charge is 2.13. The van der Waals surface area contributed by atoms with Crippen molar-refractivity contribution < 1.29 is 8.42 Å². The maximum absolute atomic E-state index is 12.0. The number of hydrazine groups is 1. The first-order valence-electron chi connectivity index (χ1n) is 5.87. The van der Waals surface area contributed by atoms with Gasteiger partial charge in [0.15, 0.2) is 0 Å². The molecule has 0 spiro atoms. The third-order valence-electron chi connectivity index (χ3n) is 2.66. The summed E-state index contributed by atoms with van der Waals surface area (Å²) in [4.78, 5) is 2.41. The molecular formula is C14H12Cl2N2O2S. The zero-order valence-corrected chi connectivity index (χ0v) is 13.1. The van der Waals surface area contributed by atoms with Crippen LogP contribution in [0.15, 0.2) is 60.0 Å². The lowest BCUT2D eigenvalue weighted by molar-refractivity contribution is 0.576. The van der Waals surface area contributed by atoms with Gasteiger partial charge in [-0.05, 0) is 29.8 Å². The van der Waals surface area contributed by atoms with E-state index in [9.17, 15) is 8.42 Å². The Bertz CT molecular complexity index is 762. The van der Waals surface area contributed by atoms with E-state index < -0.39 is 10.0 Å². The Morgan fingerprint density at radius 1 is 1.00 bits per heavy atom. The van der Waals surface area contributed by atoms with Gasteiger partial charge in [0.2, 0.25) is 0 Å². The van der Waals surface area contributed by atoms with Crippen LogP contribution in [0.2, 0.25) is 10.0 Å². The summed E-state index contributed by atoms with van der Waals surface area (Å²) in [6, 6.07) is 12.9. The first kappa shape index (κ1) is 15.9. The van der Waals surface area contributed by atoms with E-state index in [-0.39, 0.29) is 4.90 Å². The number of hydrogen-bond donors (Lipinski definition) is 2. The fourth-order valence-corrected chi connectivity index (χ4v) is 2.73. The predicted octanol–water partition coefficient (Wildman–Crippen LogP) is 3.45. The normalized spacial score (nSPS) is 11.1. The summed E-state index contributed by atoms with van der Waals surface area (Å²) >= 11 is 11.7. The van der Waals surface area contributed by atoms with Crippen LogP contribution in [0, 0.1) is 0 Å². The van der Waals surface area contributed by atoms with Crippen LogP contribution >= 0.6 is 23.2 Å². The van der Waals surface area contributed by atoms with E-state index in [4.69, 9.17) is 23.2 Å². The van der Waals surface area contributed by atoms with E-state index in [0.29, 0.717) is 21.3 Å². The molecule has 2 rings (SSSR count). The van der Waals surface area contributed by atoms with Crippen molar-refractivity contribution >= 4 is 38.9 Å². The number of halogens is 2. The molecule has 0 saturated heterocycles. The maximum atomic E-state index is 12.0. The van der Waals surface area contributed by atoms with Gasteiger partial charge in [0.25, 0.3) is 10.0 Å². The molecule has 7 heteroatoms. The number of benzene rings is 2. The number of hydrogen-bond acceptors (Lipinski definition) is 3. The molecule has 0 saturated carbocycles. The van der Waals surface area contributed by atoms with Crippen molar-refractivity contribution in [3.63, 3.8) is 0 Å². The lowest BCUT2D eigenvalue weighted by Gasteiger charge is -2.12. The van der Waals surface area contributed by atoms with Gasteiger partial charge in [-0.1, -0.05) is 54.0 Å². The van der Waals surface area contributed by atoms with E-state index in [2.05, 4.69) is 16.8 Å². The van der Waals surface area contributed by atoms with Crippen molar-refractivity contribution in [2.24, 2.45) is 0 Å². The molecule has 110 valence electrons. The zero-order valence-electron chi connectivity index (χ0n) is 10.8. The van der Waals surface area contributed by atoms with Gasteiger partial charge in [-0.2, -0.15) is 0 Å². The van der Waals surface area contributed by atoms with E-state index in [0.717, 1.165) is 0 Å². The van der Waals surface area contributed by atoms with Crippen LogP contribution in [0.25, 0.3) is 5.70 Å². The standard InChI is InChI=1S/C14H12Cl2N2O2S/c1-10(11-7-8-13(15)14(16)9-11)17-18-21(19,20)12-5-3-2-4-6-12/h2-9,17-18H,1H2. The molecular weight excluding hydrogens is 331 g/mol. The molecule has 0 aliphatic carbocycles. The third-order valence-corrected chi connectivity index (χ3v) is 4.66. The van der Waals surface area contributed by atoms with Crippen LogP contribution in [-0.2, 0) is 10.0 Å². The molecule has 2 N–H and O–H groups in total. The summed E-state index contributed by atoms with van der Waals surface area (Å²) in [5.74, 6) is 0. The van der Waals surface area contributed by atoms with Gasteiger partial charge in [0.1, 0.15) is 0 Å². The number of nitrogens with one attached hydrogen (secondary N) is 2. The van der Waals surface area contributed by atoms with E-state index in [1.54, 1.807) is 36.4 Å². The summed E-state index contributed by atoms with van der Waals surface area (Å²) in [5, 5.41) is 0.779. The van der Waals surface area contributed by atoms with Crippen LogP contribution in [0.1, 0.15) is 5.56 Å². The van der Waals surface area contributed by atoms with Gasteiger partial charge in [-0.25, -0.2) is 8.42 Å². The second kappa shape index (κ2) is 6.49. The van der Waals surface area contributed by atoms with Crippen LogP contribution in [0.3, 0.4) is 0 Å². The van der Waals surface area contributed by atoms with Gasteiger partial charge in [0, 0.05) is 5.70 Å². The molecule has 2 aromatic rings. The van der Waals surface area contributed by atoms with Crippen LogP contribution < -0.4 is 10.3 Å². The van der Waals surface area contributed by atoms with Gasteiger partial charge >= 0.3 is 0 Å². The molecule has 0 heterocycles. The summed E-state index contributed by atoms with van der Waals surface area (Å²) in [5.41, 5.74) is 3.53. The van der Waals surface area contributed by atoms with Crippen molar-refractivity contribution in [2.75, 3.05) is 0 Å². The van der Waals surface area contributed by atoms with Crippen molar-refractivity contribution in [3.8, 4) is 0 Å². The Balaban J connectivity index is 2.09. The molecule has 0 bridgehead atoms. The Morgan fingerprint density at radius 3 is 2.29 bits per heavy atom. The largest absolute Gasteiger partial charge is 0.308 e. The van der Waals surface area contributed by atoms with E-state index in [1.165, 1.54) is 12.1 Å². The molecule has 0 amide bonds. The average molecular weight is 343 g/mol. The van der Waals surface area contributed by atoms with E-state index in [1.807, 2.05) is 0 Å². The molecule has 21 heavy (non-hydrogen) atoms. The fourth-order valence-electron chi connectivity index (χ4n) is 1.54. The monoisotopic (exact) mass is 342 g/mol. The summed E-state index contributed by atoms with van der Waals surface area (Å²) in [6.45, 7) is 3.75. The minimum Gasteiger partial charge on any atom is -0.308 e. The Hall–Kier alpha value is -1.53. The van der Waals surface area contributed by atoms with Crippen molar-refractivity contribution in [3.05, 3.63) is 70.7 Å². The molecule has 4 nitrogen and oxygen atoms in total. The summed E-state index contributed by atoms with van der Waals surface area (Å²) in [7, 11) is -3.66. The van der Waals surface area contributed by atoms with Crippen molar-refractivity contribution in [2.45, 2.75) is 4.90 Å². The second-order valence-corrected chi connectivity index (χ2v) is 6.65. The maximum Gasteiger partial charge on any atom is 0.257 e. The van der Waals surface area contributed by atoms with Crippen LogP contribution in [0.4, 0.5) is 0 Å². The predicted molar refractivity (Wildman–Crippen MR) is 85.4 cm³/mol. The smallest absolute Gasteiger partial charge is 0.257 e. The summed E-state index contributed by atoms with van der Waals surface area (Å²) in [6.07, 6.45) is 0. The topological polar surface area (TPSA) is 58.2 Å². The van der Waals surface area contributed by atoms with Crippen LogP contribution in [0.5, 0.6) is 0 Å². The highest BCUT2D eigenvalue weighted by atomic mass is 35.5. The van der Waals surface area contributed by atoms with Crippen LogP contribution in [-0.4, -0.2) is 8.42 Å². The number of sulfonamides is 1. The average Bonchev–Trinajstić information content (AvgIpc) is 2.48. The quantitative estimate of drug-likeness (QED) is 0.818. The van der Waals surface area contributed by atoms with Gasteiger partial charge in [0.05, 0.1) is 14.9 Å². The molecule has 0 aliphatic heterocycles. The molecule has 0 aromatic heterocycles. The first-order chi connectivity index (χ1) is 9.90. The Morgan fingerprint density at radius 2 is 1.67 bits per heavy atom. The van der Waals surface area contributed by atoms with Crippen molar-refractivity contribution in [1.29, 1.82) is 0 Å². The molecule has 2 aromatic carbocycles. The first-order valence-corrected chi connectivity index (χ1v) is 8.11. The molecule has 0 atom stereocenters. The van der Waals surface area contributed by atoms with Gasteiger partial charge < -0.3 is 5.43 Å². The highest BCUT2D eigenvalue weighted by molar-refractivity contribution is 7.89. The van der Waals surface area contributed by atoms with Gasteiger partial charge in [-0.15, -0.1) is 4.83 Å². The second-order valence-electron chi connectivity index (χ2n) is 4.15. The van der Waals surface area contributed by atoms with E-state index >= 15 is 0 Å². The Labute approximate surface area is 133 Å². The molecule has 0 radical (unpaired) electrons. The van der Waals surface area contributed by atoms with Crippen molar-refractivity contribution in [1.82, 2.24) is 10.3 Å². The summed E-state index contributed by atoms with van der Waals surface area (Å²) < 4.78 is 24.1.